The summed E-state index contributed by atoms with van der Waals surface area (Å²) >= 11 is 1.61. The number of halogens is 1. The molecule has 2 heterocycles. The van der Waals surface area contributed by atoms with Gasteiger partial charge in [0.05, 0.1) is 5.56 Å². The molecule has 138 valence electrons. The van der Waals surface area contributed by atoms with Crippen LogP contribution in [-0.4, -0.2) is 5.91 Å². The lowest BCUT2D eigenvalue weighted by Crippen LogP contribution is -2.08. The van der Waals surface area contributed by atoms with Crippen molar-refractivity contribution in [2.24, 2.45) is 0 Å². The minimum absolute atomic E-state index is 0.271. The van der Waals surface area contributed by atoms with E-state index in [2.05, 4.69) is 5.32 Å². The third-order valence-electron chi connectivity index (χ3n) is 4.14. The fourth-order valence-electron chi connectivity index (χ4n) is 2.82. The first-order chi connectivity index (χ1) is 13.7. The third-order valence-corrected chi connectivity index (χ3v) is 5.04. The highest BCUT2D eigenvalue weighted by Crippen LogP contribution is 2.31. The van der Waals surface area contributed by atoms with Gasteiger partial charge < -0.3 is 9.73 Å². The number of thiophene rings is 1. The quantitative estimate of drug-likeness (QED) is 0.398. The second-order valence-corrected chi connectivity index (χ2v) is 6.98. The Morgan fingerprint density at radius 2 is 1.71 bits per heavy atom. The van der Waals surface area contributed by atoms with Crippen LogP contribution in [0.2, 0.25) is 0 Å². The zero-order valence-corrected chi connectivity index (χ0v) is 15.6. The largest absolute Gasteiger partial charge is 0.457 e. The van der Waals surface area contributed by atoms with E-state index in [0.29, 0.717) is 17.1 Å². The van der Waals surface area contributed by atoms with Crippen molar-refractivity contribution in [1.82, 2.24) is 0 Å². The molecule has 4 rings (SSSR count). The first kappa shape index (κ1) is 17.9. The Bertz CT molecular complexity index is 1130. The van der Waals surface area contributed by atoms with Crippen LogP contribution < -0.4 is 5.32 Å². The molecule has 0 bridgehead atoms. The molecule has 0 aliphatic heterocycles. The summed E-state index contributed by atoms with van der Waals surface area (Å²) in [6, 6.07) is 21.4. The van der Waals surface area contributed by atoms with E-state index in [-0.39, 0.29) is 11.7 Å². The molecule has 0 fully saturated rings. The predicted molar refractivity (Wildman–Crippen MR) is 112 cm³/mol. The Balaban J connectivity index is 1.48. The number of hydrogen-bond donors (Lipinski definition) is 1. The van der Waals surface area contributed by atoms with Crippen molar-refractivity contribution in [1.29, 1.82) is 0 Å². The van der Waals surface area contributed by atoms with Gasteiger partial charge in [-0.3, -0.25) is 4.79 Å². The SMILES string of the molecule is O=C(/C=C/c1ccc(-c2ccccc2F)o1)Nc1ccccc1-c1cccs1. The molecule has 0 saturated heterocycles. The van der Waals surface area contributed by atoms with Gasteiger partial charge in [-0.25, -0.2) is 4.39 Å². The molecule has 4 aromatic rings. The monoisotopic (exact) mass is 389 g/mol. The fraction of sp³-hybridized carbons (Fsp3) is 0. The highest BCUT2D eigenvalue weighted by Gasteiger charge is 2.09. The average Bonchev–Trinajstić information content (AvgIpc) is 3.39. The average molecular weight is 389 g/mol. The van der Waals surface area contributed by atoms with Gasteiger partial charge in [0.15, 0.2) is 0 Å². The van der Waals surface area contributed by atoms with Crippen molar-refractivity contribution in [2.75, 3.05) is 5.32 Å². The van der Waals surface area contributed by atoms with Crippen LogP contribution in [0, 0.1) is 5.82 Å². The van der Waals surface area contributed by atoms with Gasteiger partial charge in [0.2, 0.25) is 5.91 Å². The van der Waals surface area contributed by atoms with Gasteiger partial charge >= 0.3 is 0 Å². The van der Waals surface area contributed by atoms with Crippen LogP contribution >= 0.6 is 11.3 Å². The minimum atomic E-state index is -0.352. The van der Waals surface area contributed by atoms with Crippen molar-refractivity contribution in [2.45, 2.75) is 0 Å². The molecule has 0 aliphatic carbocycles. The molecule has 0 aliphatic rings. The van der Waals surface area contributed by atoms with Crippen LogP contribution in [0.4, 0.5) is 10.1 Å². The van der Waals surface area contributed by atoms with E-state index >= 15 is 0 Å². The van der Waals surface area contributed by atoms with Gasteiger partial charge in [-0.15, -0.1) is 11.3 Å². The molecule has 1 N–H and O–H groups in total. The maximum Gasteiger partial charge on any atom is 0.248 e. The summed E-state index contributed by atoms with van der Waals surface area (Å²) in [4.78, 5) is 13.4. The molecule has 0 spiro atoms. The number of rotatable bonds is 5. The number of anilines is 1. The van der Waals surface area contributed by atoms with E-state index in [1.807, 2.05) is 41.8 Å². The Morgan fingerprint density at radius 1 is 0.929 bits per heavy atom. The Hall–Kier alpha value is -3.44. The normalized spacial score (nSPS) is 11.0. The second-order valence-electron chi connectivity index (χ2n) is 6.03. The Kier molecular flexibility index (Phi) is 5.17. The first-order valence-electron chi connectivity index (χ1n) is 8.67. The highest BCUT2D eigenvalue weighted by atomic mass is 32.1. The van der Waals surface area contributed by atoms with Crippen LogP contribution in [0.25, 0.3) is 27.8 Å². The van der Waals surface area contributed by atoms with Crippen molar-refractivity contribution < 1.29 is 13.6 Å². The third kappa shape index (κ3) is 3.94. The van der Waals surface area contributed by atoms with Gasteiger partial charge in [-0.1, -0.05) is 36.4 Å². The lowest BCUT2D eigenvalue weighted by atomic mass is 10.1. The predicted octanol–water partition coefficient (Wildman–Crippen LogP) is 6.47. The van der Waals surface area contributed by atoms with Gasteiger partial charge in [0.25, 0.3) is 0 Å². The lowest BCUT2D eigenvalue weighted by molar-refractivity contribution is -0.111. The van der Waals surface area contributed by atoms with Crippen molar-refractivity contribution in [3.8, 4) is 21.8 Å². The summed E-state index contributed by atoms with van der Waals surface area (Å²) in [5, 5.41) is 4.89. The van der Waals surface area contributed by atoms with E-state index in [1.165, 1.54) is 12.1 Å². The van der Waals surface area contributed by atoms with E-state index in [9.17, 15) is 9.18 Å². The molecule has 0 radical (unpaired) electrons. The van der Waals surface area contributed by atoms with Gasteiger partial charge in [0.1, 0.15) is 17.3 Å². The highest BCUT2D eigenvalue weighted by molar-refractivity contribution is 7.13. The second kappa shape index (κ2) is 8.06. The molecule has 0 saturated carbocycles. The molecule has 3 nitrogen and oxygen atoms in total. The number of hydrogen-bond acceptors (Lipinski definition) is 3. The zero-order chi connectivity index (χ0) is 19.3. The van der Waals surface area contributed by atoms with Crippen molar-refractivity contribution in [3.05, 3.63) is 95.8 Å². The van der Waals surface area contributed by atoms with E-state index in [4.69, 9.17) is 4.42 Å². The van der Waals surface area contributed by atoms with E-state index in [1.54, 1.807) is 47.7 Å². The van der Waals surface area contributed by atoms with E-state index < -0.39 is 0 Å². The number of benzene rings is 2. The first-order valence-corrected chi connectivity index (χ1v) is 9.55. The molecule has 0 unspecified atom stereocenters. The van der Waals surface area contributed by atoms with Crippen LogP contribution in [0.5, 0.6) is 0 Å². The Labute approximate surface area is 165 Å². The molecule has 2 aromatic heterocycles. The van der Waals surface area contributed by atoms with Gasteiger partial charge in [0, 0.05) is 22.2 Å². The van der Waals surface area contributed by atoms with Gasteiger partial charge in [-0.2, -0.15) is 0 Å². The van der Waals surface area contributed by atoms with Crippen LogP contribution in [0.3, 0.4) is 0 Å². The number of para-hydroxylation sites is 1. The van der Waals surface area contributed by atoms with Crippen LogP contribution in [0.15, 0.2) is 88.7 Å². The minimum Gasteiger partial charge on any atom is -0.457 e. The summed E-state index contributed by atoms with van der Waals surface area (Å²) in [6.45, 7) is 0. The van der Waals surface area contributed by atoms with Gasteiger partial charge in [-0.05, 0) is 47.9 Å². The number of carbonyl (C=O) groups is 1. The molecule has 0 atom stereocenters. The maximum atomic E-state index is 13.9. The summed E-state index contributed by atoms with van der Waals surface area (Å²) in [5.41, 5.74) is 2.10. The number of carbonyl (C=O) groups excluding carboxylic acids is 1. The lowest BCUT2D eigenvalue weighted by Gasteiger charge is -2.08. The molecule has 1 amide bonds. The maximum absolute atomic E-state index is 13.9. The summed E-state index contributed by atoms with van der Waals surface area (Å²) < 4.78 is 19.5. The van der Waals surface area contributed by atoms with Crippen molar-refractivity contribution in [3.63, 3.8) is 0 Å². The summed E-state index contributed by atoms with van der Waals surface area (Å²) in [7, 11) is 0. The van der Waals surface area contributed by atoms with Crippen molar-refractivity contribution >= 4 is 29.0 Å². The molecule has 5 heteroatoms. The molecule has 28 heavy (non-hydrogen) atoms. The molecule has 2 aromatic carbocycles. The van der Waals surface area contributed by atoms with Crippen LogP contribution in [-0.2, 0) is 4.79 Å². The zero-order valence-electron chi connectivity index (χ0n) is 14.8. The fourth-order valence-corrected chi connectivity index (χ4v) is 3.59. The molecular formula is C23H16FNO2S. The standard InChI is InChI=1S/C23H16FNO2S/c24-19-8-3-1-6-17(19)21-13-11-16(27-21)12-14-23(26)25-20-9-4-2-7-18(20)22-10-5-15-28-22/h1-15H,(H,25,26)/b14-12+. The van der Waals surface area contributed by atoms with Crippen LogP contribution in [0.1, 0.15) is 5.76 Å². The smallest absolute Gasteiger partial charge is 0.248 e. The molecular weight excluding hydrogens is 373 g/mol. The number of nitrogens with one attached hydrogen (secondary N) is 1. The summed E-state index contributed by atoms with van der Waals surface area (Å²) in [6.07, 6.45) is 2.96. The number of amides is 1. The summed E-state index contributed by atoms with van der Waals surface area (Å²) in [5.74, 6) is 0.268. The van der Waals surface area contributed by atoms with E-state index in [0.717, 1.165) is 16.1 Å². The Morgan fingerprint density at radius 3 is 2.50 bits per heavy atom. The topological polar surface area (TPSA) is 42.2 Å². The number of furan rings is 1.